The zero-order valence-electron chi connectivity index (χ0n) is 15.0. The van der Waals surface area contributed by atoms with Crippen LogP contribution < -0.4 is 10.6 Å². The highest BCUT2D eigenvalue weighted by molar-refractivity contribution is 7.13. The van der Waals surface area contributed by atoms with Gasteiger partial charge in [0, 0.05) is 11.4 Å². The maximum Gasteiger partial charge on any atom is 0.412 e. The second-order valence-electron chi connectivity index (χ2n) is 7.14. The lowest BCUT2D eigenvalue weighted by Crippen LogP contribution is -2.27. The van der Waals surface area contributed by atoms with E-state index in [0.29, 0.717) is 5.92 Å². The highest BCUT2D eigenvalue weighted by atomic mass is 32.1. The molecule has 24 heavy (non-hydrogen) atoms. The molecule has 0 saturated carbocycles. The molecular formula is C19H26N2O2S. The third kappa shape index (κ3) is 5.57. The highest BCUT2D eigenvalue weighted by Gasteiger charge is 2.17. The van der Waals surface area contributed by atoms with Crippen molar-refractivity contribution in [1.82, 2.24) is 0 Å². The van der Waals surface area contributed by atoms with E-state index in [1.54, 1.807) is 11.3 Å². The van der Waals surface area contributed by atoms with Crippen molar-refractivity contribution in [1.29, 1.82) is 0 Å². The Morgan fingerprint density at radius 1 is 1.21 bits per heavy atom. The Morgan fingerprint density at radius 3 is 2.54 bits per heavy atom. The number of thiophene rings is 1. The fourth-order valence-corrected chi connectivity index (χ4v) is 2.85. The van der Waals surface area contributed by atoms with Crippen LogP contribution in [0.2, 0.25) is 0 Å². The van der Waals surface area contributed by atoms with Crippen LogP contribution in [0.5, 0.6) is 0 Å². The molecule has 130 valence electrons. The fraction of sp³-hybridized carbons (Fsp3) is 0.421. The molecule has 0 atom stereocenters. The van der Waals surface area contributed by atoms with Gasteiger partial charge in [-0.15, -0.1) is 11.3 Å². The average molecular weight is 346 g/mol. The topological polar surface area (TPSA) is 50.4 Å². The van der Waals surface area contributed by atoms with Crippen molar-refractivity contribution in [3.63, 3.8) is 0 Å². The zero-order valence-corrected chi connectivity index (χ0v) is 15.8. The zero-order chi connectivity index (χ0) is 17.7. The minimum Gasteiger partial charge on any atom is -0.444 e. The molecule has 0 radical (unpaired) electrons. The molecule has 0 aliphatic rings. The number of hydrogen-bond acceptors (Lipinski definition) is 4. The monoisotopic (exact) mass is 346 g/mol. The van der Waals surface area contributed by atoms with Gasteiger partial charge in [0.05, 0.1) is 11.4 Å². The van der Waals surface area contributed by atoms with Crippen LogP contribution in [-0.2, 0) is 4.74 Å². The van der Waals surface area contributed by atoms with E-state index < -0.39 is 11.7 Å². The summed E-state index contributed by atoms with van der Waals surface area (Å²) in [6, 6.07) is 10.1. The first-order valence-corrected chi connectivity index (χ1v) is 9.04. The van der Waals surface area contributed by atoms with Crippen molar-refractivity contribution in [3.05, 3.63) is 35.7 Å². The van der Waals surface area contributed by atoms with E-state index in [-0.39, 0.29) is 0 Å². The summed E-state index contributed by atoms with van der Waals surface area (Å²) in [5, 5.41) is 8.32. The van der Waals surface area contributed by atoms with Gasteiger partial charge in [0.15, 0.2) is 0 Å². The molecule has 2 aromatic rings. The van der Waals surface area contributed by atoms with E-state index in [9.17, 15) is 4.79 Å². The Hall–Kier alpha value is -2.01. The maximum absolute atomic E-state index is 12.1. The predicted molar refractivity (Wildman–Crippen MR) is 103 cm³/mol. The van der Waals surface area contributed by atoms with E-state index >= 15 is 0 Å². The van der Waals surface area contributed by atoms with Gasteiger partial charge in [0.2, 0.25) is 0 Å². The quantitative estimate of drug-likeness (QED) is 0.716. The van der Waals surface area contributed by atoms with Gasteiger partial charge in [-0.1, -0.05) is 26.0 Å². The molecule has 2 rings (SSSR count). The molecule has 0 aliphatic carbocycles. The first-order chi connectivity index (χ1) is 11.2. The molecule has 1 aromatic heterocycles. The Bertz CT molecular complexity index is 673. The molecule has 4 nitrogen and oxygen atoms in total. The number of carbonyl (C=O) groups is 1. The molecule has 0 unspecified atom stereocenters. The van der Waals surface area contributed by atoms with E-state index in [4.69, 9.17) is 4.74 Å². The van der Waals surface area contributed by atoms with Crippen molar-refractivity contribution in [3.8, 4) is 10.4 Å². The number of ether oxygens (including phenoxy) is 1. The number of anilines is 2. The summed E-state index contributed by atoms with van der Waals surface area (Å²) in [6.07, 6.45) is -0.445. The van der Waals surface area contributed by atoms with Crippen LogP contribution in [0, 0.1) is 5.92 Å². The summed E-state index contributed by atoms with van der Waals surface area (Å²) >= 11 is 1.70. The predicted octanol–water partition coefficient (Wildman–Crippen LogP) is 5.83. The lowest BCUT2D eigenvalue weighted by atomic mass is 10.1. The molecule has 1 aromatic carbocycles. The van der Waals surface area contributed by atoms with Gasteiger partial charge >= 0.3 is 6.09 Å². The van der Waals surface area contributed by atoms with Crippen molar-refractivity contribution in [2.45, 2.75) is 40.2 Å². The lowest BCUT2D eigenvalue weighted by molar-refractivity contribution is 0.0636. The van der Waals surface area contributed by atoms with E-state index in [2.05, 4.69) is 42.0 Å². The Morgan fingerprint density at radius 2 is 1.96 bits per heavy atom. The van der Waals surface area contributed by atoms with Crippen LogP contribution in [0.25, 0.3) is 10.4 Å². The summed E-state index contributed by atoms with van der Waals surface area (Å²) in [5.74, 6) is 0.504. The fourth-order valence-electron chi connectivity index (χ4n) is 2.12. The number of rotatable bonds is 5. The number of nitrogens with one attached hydrogen (secondary N) is 2. The molecule has 5 heteroatoms. The summed E-state index contributed by atoms with van der Waals surface area (Å²) in [6.45, 7) is 10.7. The number of hydrogen-bond donors (Lipinski definition) is 2. The highest BCUT2D eigenvalue weighted by Crippen LogP contribution is 2.32. The molecule has 1 amide bonds. The number of amides is 1. The van der Waals surface area contributed by atoms with Crippen LogP contribution >= 0.6 is 11.3 Å². The minimum absolute atomic E-state index is 0.445. The number of benzene rings is 1. The van der Waals surface area contributed by atoms with Crippen molar-refractivity contribution in [2.24, 2.45) is 5.92 Å². The van der Waals surface area contributed by atoms with Crippen molar-refractivity contribution < 1.29 is 9.53 Å². The minimum atomic E-state index is -0.521. The summed E-state index contributed by atoms with van der Waals surface area (Å²) in [7, 11) is 0. The Labute approximate surface area is 148 Å². The van der Waals surface area contributed by atoms with Gasteiger partial charge < -0.3 is 10.1 Å². The molecule has 2 N–H and O–H groups in total. The average Bonchev–Trinajstić information content (AvgIpc) is 2.98. The Kier molecular flexibility index (Phi) is 5.89. The summed E-state index contributed by atoms with van der Waals surface area (Å²) in [5.41, 5.74) is 2.24. The SMILES string of the molecule is CC(C)CNc1cc(-c2cccs2)ccc1NC(=O)OC(C)(C)C. The third-order valence-corrected chi connectivity index (χ3v) is 4.08. The largest absolute Gasteiger partial charge is 0.444 e. The van der Waals surface area contributed by atoms with Gasteiger partial charge in [-0.3, -0.25) is 5.32 Å². The van der Waals surface area contributed by atoms with Crippen molar-refractivity contribution in [2.75, 3.05) is 17.2 Å². The third-order valence-electron chi connectivity index (χ3n) is 3.16. The van der Waals surface area contributed by atoms with Gasteiger partial charge in [-0.25, -0.2) is 4.79 Å². The molecule has 0 bridgehead atoms. The molecule has 0 spiro atoms. The van der Waals surface area contributed by atoms with Gasteiger partial charge in [0.25, 0.3) is 0 Å². The van der Waals surface area contributed by atoms with Crippen molar-refractivity contribution >= 4 is 28.8 Å². The first-order valence-electron chi connectivity index (χ1n) is 8.16. The van der Waals surface area contributed by atoms with E-state index in [0.717, 1.165) is 23.5 Å². The van der Waals surface area contributed by atoms with Crippen LogP contribution in [0.4, 0.5) is 16.2 Å². The lowest BCUT2D eigenvalue weighted by Gasteiger charge is -2.21. The van der Waals surface area contributed by atoms with Gasteiger partial charge in [0.1, 0.15) is 5.60 Å². The maximum atomic E-state index is 12.1. The molecule has 0 aliphatic heterocycles. The molecular weight excluding hydrogens is 320 g/mol. The van der Waals surface area contributed by atoms with E-state index in [1.165, 1.54) is 4.88 Å². The smallest absolute Gasteiger partial charge is 0.412 e. The van der Waals surface area contributed by atoms with Crippen LogP contribution in [-0.4, -0.2) is 18.2 Å². The van der Waals surface area contributed by atoms with Crippen LogP contribution in [0.15, 0.2) is 35.7 Å². The van der Waals surface area contributed by atoms with Crippen LogP contribution in [0.3, 0.4) is 0 Å². The van der Waals surface area contributed by atoms with E-state index in [1.807, 2.05) is 39.0 Å². The number of carbonyl (C=O) groups excluding carboxylic acids is 1. The summed E-state index contributed by atoms with van der Waals surface area (Å²) in [4.78, 5) is 13.3. The standard InChI is InChI=1S/C19H26N2O2S/c1-13(2)12-20-16-11-14(17-7-6-10-24-17)8-9-15(16)21-18(22)23-19(3,4)5/h6-11,13,20H,12H2,1-5H3,(H,21,22). The van der Waals surface area contributed by atoms with Crippen LogP contribution in [0.1, 0.15) is 34.6 Å². The normalized spacial score (nSPS) is 11.4. The summed E-state index contributed by atoms with van der Waals surface area (Å²) < 4.78 is 5.35. The molecule has 0 saturated heterocycles. The first kappa shape index (κ1) is 18.3. The second-order valence-corrected chi connectivity index (χ2v) is 8.09. The van der Waals surface area contributed by atoms with Gasteiger partial charge in [-0.2, -0.15) is 0 Å². The Balaban J connectivity index is 2.23. The molecule has 0 fully saturated rings. The molecule has 1 heterocycles. The van der Waals surface area contributed by atoms with Gasteiger partial charge in [-0.05, 0) is 55.8 Å². The second kappa shape index (κ2) is 7.71.